The summed E-state index contributed by atoms with van der Waals surface area (Å²) in [5.74, 6) is 2.52. The number of methoxy groups -OCH3 is 1. The largest absolute Gasteiger partial charge is 0.493 e. The number of nitriles is 1. The van der Waals surface area contributed by atoms with Crippen LogP contribution >= 0.6 is 23.1 Å². The lowest BCUT2D eigenvalue weighted by molar-refractivity contribution is -0.122. The Balaban J connectivity index is 1.67. The SMILES string of the molecule is COc1cc(C#N)ccc1OCC(=O)NCCSCc1cccs1. The first-order chi connectivity index (χ1) is 11.7. The molecule has 1 aromatic heterocycles. The molecule has 0 atom stereocenters. The van der Waals surface area contributed by atoms with Gasteiger partial charge in [0, 0.05) is 29.0 Å². The molecule has 1 amide bonds. The third kappa shape index (κ3) is 5.80. The standard InChI is InChI=1S/C17H18N2O3S2/c1-21-16-9-13(10-18)4-5-15(16)22-11-17(20)19-6-8-23-12-14-3-2-7-24-14/h2-5,7,9H,6,8,11-12H2,1H3,(H,19,20). The number of benzene rings is 1. The van der Waals surface area contributed by atoms with Crippen LogP contribution in [-0.4, -0.2) is 31.9 Å². The van der Waals surface area contributed by atoms with E-state index >= 15 is 0 Å². The predicted molar refractivity (Wildman–Crippen MR) is 96.7 cm³/mol. The zero-order valence-corrected chi connectivity index (χ0v) is 14.9. The average molecular weight is 362 g/mol. The van der Waals surface area contributed by atoms with Gasteiger partial charge < -0.3 is 14.8 Å². The summed E-state index contributed by atoms with van der Waals surface area (Å²) >= 11 is 3.52. The molecular weight excluding hydrogens is 344 g/mol. The van der Waals surface area contributed by atoms with E-state index in [1.165, 1.54) is 12.0 Å². The highest BCUT2D eigenvalue weighted by Crippen LogP contribution is 2.27. The summed E-state index contributed by atoms with van der Waals surface area (Å²) in [5, 5.41) is 13.7. The van der Waals surface area contributed by atoms with Crippen molar-refractivity contribution in [2.75, 3.05) is 26.0 Å². The minimum atomic E-state index is -0.182. The molecule has 0 saturated heterocycles. The molecule has 0 unspecified atom stereocenters. The average Bonchev–Trinajstić information content (AvgIpc) is 3.12. The van der Waals surface area contributed by atoms with Crippen molar-refractivity contribution in [2.24, 2.45) is 0 Å². The Morgan fingerprint density at radius 2 is 2.25 bits per heavy atom. The Hall–Kier alpha value is -2.17. The van der Waals surface area contributed by atoms with Gasteiger partial charge in [-0.3, -0.25) is 4.79 Å². The van der Waals surface area contributed by atoms with Gasteiger partial charge in [0.2, 0.25) is 0 Å². The number of thioether (sulfide) groups is 1. The zero-order valence-electron chi connectivity index (χ0n) is 13.3. The van der Waals surface area contributed by atoms with Crippen LogP contribution in [-0.2, 0) is 10.5 Å². The van der Waals surface area contributed by atoms with E-state index in [-0.39, 0.29) is 12.5 Å². The number of carbonyl (C=O) groups excluding carboxylic acids is 1. The van der Waals surface area contributed by atoms with Crippen molar-refractivity contribution in [3.05, 3.63) is 46.2 Å². The van der Waals surface area contributed by atoms with Gasteiger partial charge in [-0.25, -0.2) is 0 Å². The van der Waals surface area contributed by atoms with Gasteiger partial charge in [-0.2, -0.15) is 17.0 Å². The summed E-state index contributed by atoms with van der Waals surface area (Å²) in [4.78, 5) is 13.1. The lowest BCUT2D eigenvalue weighted by Gasteiger charge is -2.11. The molecule has 0 bridgehead atoms. The van der Waals surface area contributed by atoms with E-state index in [9.17, 15) is 4.79 Å². The lowest BCUT2D eigenvalue weighted by Crippen LogP contribution is -2.30. The molecule has 2 rings (SSSR count). The van der Waals surface area contributed by atoms with Gasteiger partial charge in [0.1, 0.15) is 0 Å². The molecule has 0 aliphatic rings. The highest BCUT2D eigenvalue weighted by atomic mass is 32.2. The van der Waals surface area contributed by atoms with Crippen LogP contribution in [0.4, 0.5) is 0 Å². The molecule has 1 N–H and O–H groups in total. The maximum Gasteiger partial charge on any atom is 0.257 e. The highest BCUT2D eigenvalue weighted by molar-refractivity contribution is 7.98. The Bertz CT molecular complexity index is 696. The van der Waals surface area contributed by atoms with Gasteiger partial charge in [-0.15, -0.1) is 11.3 Å². The van der Waals surface area contributed by atoms with Crippen LogP contribution in [0.2, 0.25) is 0 Å². The lowest BCUT2D eigenvalue weighted by atomic mass is 10.2. The summed E-state index contributed by atoms with van der Waals surface area (Å²) in [5.41, 5.74) is 0.478. The molecule has 126 valence electrons. The van der Waals surface area contributed by atoms with E-state index in [2.05, 4.69) is 16.8 Å². The van der Waals surface area contributed by atoms with Crippen molar-refractivity contribution in [3.8, 4) is 17.6 Å². The Kier molecular flexibility index (Phi) is 7.46. The van der Waals surface area contributed by atoms with Crippen LogP contribution in [0.25, 0.3) is 0 Å². The molecule has 1 heterocycles. The maximum atomic E-state index is 11.8. The summed E-state index contributed by atoms with van der Waals surface area (Å²) in [6, 6.07) is 11.0. The molecule has 1 aromatic carbocycles. The number of amides is 1. The monoisotopic (exact) mass is 362 g/mol. The van der Waals surface area contributed by atoms with E-state index in [0.29, 0.717) is 23.6 Å². The van der Waals surface area contributed by atoms with Gasteiger partial charge in [-0.1, -0.05) is 6.07 Å². The summed E-state index contributed by atoms with van der Waals surface area (Å²) in [7, 11) is 1.49. The van der Waals surface area contributed by atoms with E-state index in [4.69, 9.17) is 14.7 Å². The van der Waals surface area contributed by atoms with Gasteiger partial charge in [0.05, 0.1) is 18.7 Å². The Morgan fingerprint density at radius 1 is 1.38 bits per heavy atom. The molecule has 2 aromatic rings. The van der Waals surface area contributed by atoms with Crippen molar-refractivity contribution >= 4 is 29.0 Å². The van der Waals surface area contributed by atoms with Gasteiger partial charge >= 0.3 is 0 Å². The van der Waals surface area contributed by atoms with E-state index in [1.807, 2.05) is 12.1 Å². The second-order valence-corrected chi connectivity index (χ2v) is 6.89. The first kappa shape index (κ1) is 18.2. The fourth-order valence-electron chi connectivity index (χ4n) is 1.88. The molecule has 0 aliphatic carbocycles. The number of ether oxygens (including phenoxy) is 2. The van der Waals surface area contributed by atoms with Gasteiger partial charge in [0.15, 0.2) is 18.1 Å². The second-order valence-electron chi connectivity index (χ2n) is 4.75. The maximum absolute atomic E-state index is 11.8. The molecule has 0 aliphatic heterocycles. The van der Waals surface area contributed by atoms with Crippen molar-refractivity contribution < 1.29 is 14.3 Å². The third-order valence-corrected chi connectivity index (χ3v) is 5.11. The van der Waals surface area contributed by atoms with Crippen LogP contribution in [0.5, 0.6) is 11.5 Å². The number of carbonyl (C=O) groups is 1. The second kappa shape index (κ2) is 9.85. The third-order valence-electron chi connectivity index (χ3n) is 3.04. The van der Waals surface area contributed by atoms with Crippen molar-refractivity contribution in [1.82, 2.24) is 5.32 Å². The molecule has 24 heavy (non-hydrogen) atoms. The van der Waals surface area contributed by atoms with Gasteiger partial charge in [0.25, 0.3) is 5.91 Å². The molecule has 5 nitrogen and oxygen atoms in total. The van der Waals surface area contributed by atoms with Crippen molar-refractivity contribution in [3.63, 3.8) is 0 Å². The van der Waals surface area contributed by atoms with Crippen LogP contribution < -0.4 is 14.8 Å². The highest BCUT2D eigenvalue weighted by Gasteiger charge is 2.08. The molecule has 0 spiro atoms. The van der Waals surface area contributed by atoms with Crippen molar-refractivity contribution in [2.45, 2.75) is 5.75 Å². The molecule has 0 saturated carbocycles. The first-order valence-corrected chi connectivity index (χ1v) is 9.34. The number of thiophene rings is 1. The van der Waals surface area contributed by atoms with E-state index in [1.54, 1.807) is 41.3 Å². The zero-order chi connectivity index (χ0) is 17.2. The number of nitrogens with zero attached hydrogens (tertiary/aromatic N) is 1. The van der Waals surface area contributed by atoms with Crippen LogP contribution in [0.15, 0.2) is 35.7 Å². The summed E-state index contributed by atoms with van der Waals surface area (Å²) in [6.07, 6.45) is 0. The Labute approximate surface area is 149 Å². The quantitative estimate of drug-likeness (QED) is 0.694. The minimum Gasteiger partial charge on any atom is -0.493 e. The molecule has 0 fully saturated rings. The molecule has 7 heteroatoms. The fourth-order valence-corrected chi connectivity index (χ4v) is 3.58. The fraction of sp³-hybridized carbons (Fsp3) is 0.294. The number of hydrogen-bond donors (Lipinski definition) is 1. The van der Waals surface area contributed by atoms with Crippen molar-refractivity contribution in [1.29, 1.82) is 5.26 Å². The van der Waals surface area contributed by atoms with E-state index < -0.39 is 0 Å². The van der Waals surface area contributed by atoms with Crippen LogP contribution in [0.3, 0.4) is 0 Å². The topological polar surface area (TPSA) is 71.3 Å². The van der Waals surface area contributed by atoms with Gasteiger partial charge in [-0.05, 0) is 23.6 Å². The smallest absolute Gasteiger partial charge is 0.257 e. The normalized spacial score (nSPS) is 10.0. The Morgan fingerprint density at radius 3 is 2.96 bits per heavy atom. The molecule has 0 radical (unpaired) electrons. The number of rotatable bonds is 9. The number of hydrogen-bond acceptors (Lipinski definition) is 6. The van der Waals surface area contributed by atoms with Crippen LogP contribution in [0, 0.1) is 11.3 Å². The number of nitrogens with one attached hydrogen (secondary N) is 1. The van der Waals surface area contributed by atoms with E-state index in [0.717, 1.165) is 11.5 Å². The minimum absolute atomic E-state index is 0.0855. The summed E-state index contributed by atoms with van der Waals surface area (Å²) < 4.78 is 10.6. The summed E-state index contributed by atoms with van der Waals surface area (Å²) in [6.45, 7) is 0.514. The van der Waals surface area contributed by atoms with Crippen LogP contribution in [0.1, 0.15) is 10.4 Å². The predicted octanol–water partition coefficient (Wildman–Crippen LogP) is 3.06. The molecular formula is C17H18N2O3S2. The first-order valence-electron chi connectivity index (χ1n) is 7.30.